The van der Waals surface area contributed by atoms with E-state index in [1.54, 1.807) is 0 Å². The minimum Gasteiger partial charge on any atom is -0.468 e. The van der Waals surface area contributed by atoms with Gasteiger partial charge in [-0.05, 0) is 66.6 Å². The van der Waals surface area contributed by atoms with E-state index in [0.29, 0.717) is 25.7 Å². The van der Waals surface area contributed by atoms with Gasteiger partial charge in [-0.1, -0.05) is 61.0 Å². The van der Waals surface area contributed by atoms with Gasteiger partial charge in [0.05, 0.1) is 19.1 Å². The molecule has 0 aromatic carbocycles. The van der Waals surface area contributed by atoms with Crippen molar-refractivity contribution in [1.29, 1.82) is 0 Å². The van der Waals surface area contributed by atoms with Crippen LogP contribution in [0.2, 0.25) is 16.6 Å². The molecule has 0 radical (unpaired) electrons. The van der Waals surface area contributed by atoms with Crippen LogP contribution in [-0.2, 0) is 23.5 Å². The standard InChI is InChI=1S/C29H48O6Si/c1-16(2)36(17(3)4,18(5)6)35-25-22-19(7)13-14-20(28(22,8)9)24(31)23-21(30)12-11-15-29(23,26(25)32)27(33)34-10/h16-18,20-21,23,25,30H,11-15H2,1-10H3/t20-,21+,23+,25-,29-/m0/s1. The fraction of sp³-hybridized carbons (Fsp3) is 0.828. The number of ether oxygens (including phenoxy) is 1. The Balaban J connectivity index is 2.39. The zero-order valence-electron chi connectivity index (χ0n) is 24.1. The molecule has 36 heavy (non-hydrogen) atoms. The first-order chi connectivity index (χ1) is 16.6. The van der Waals surface area contributed by atoms with Gasteiger partial charge in [0.25, 0.3) is 0 Å². The van der Waals surface area contributed by atoms with Crippen LogP contribution in [0.15, 0.2) is 11.1 Å². The molecule has 204 valence electrons. The van der Waals surface area contributed by atoms with Gasteiger partial charge in [-0.15, -0.1) is 0 Å². The topological polar surface area (TPSA) is 89.9 Å². The van der Waals surface area contributed by atoms with Gasteiger partial charge in [0.1, 0.15) is 17.3 Å². The first-order valence-corrected chi connectivity index (χ1v) is 16.0. The Kier molecular flexibility index (Phi) is 8.21. The first kappa shape index (κ1) is 29.2. The average molecular weight is 521 g/mol. The number of aliphatic hydroxyl groups excluding tert-OH is 1. The molecule has 0 unspecified atom stereocenters. The number of hydrogen-bond donors (Lipinski definition) is 1. The van der Waals surface area contributed by atoms with E-state index in [1.807, 2.05) is 20.8 Å². The molecule has 2 bridgehead atoms. The molecule has 0 heterocycles. The summed E-state index contributed by atoms with van der Waals surface area (Å²) in [5.41, 5.74) is 0.322. The van der Waals surface area contributed by atoms with Gasteiger partial charge >= 0.3 is 5.97 Å². The van der Waals surface area contributed by atoms with Crippen molar-refractivity contribution in [3.05, 3.63) is 11.1 Å². The lowest BCUT2D eigenvalue weighted by Crippen LogP contribution is -2.65. The second-order valence-electron chi connectivity index (χ2n) is 13.0. The summed E-state index contributed by atoms with van der Waals surface area (Å²) in [6.07, 6.45) is 0.435. The Bertz CT molecular complexity index is 910. The van der Waals surface area contributed by atoms with Crippen molar-refractivity contribution < 1.29 is 28.7 Å². The number of methoxy groups -OCH3 is 1. The Labute approximate surface area is 218 Å². The summed E-state index contributed by atoms with van der Waals surface area (Å²) in [6.45, 7) is 19.2. The lowest BCUT2D eigenvalue weighted by Gasteiger charge is -2.55. The van der Waals surface area contributed by atoms with Gasteiger partial charge in [0.15, 0.2) is 5.78 Å². The highest BCUT2D eigenvalue weighted by molar-refractivity contribution is 6.77. The number of Topliss-reactive ketones (excluding diaryl/α,β-unsaturated/α-hetero) is 2. The van der Waals surface area contributed by atoms with Crippen molar-refractivity contribution in [1.82, 2.24) is 0 Å². The zero-order chi connectivity index (χ0) is 27.4. The maximum atomic E-state index is 14.9. The smallest absolute Gasteiger partial charge is 0.320 e. The van der Waals surface area contributed by atoms with E-state index < -0.39 is 49.2 Å². The highest BCUT2D eigenvalue weighted by atomic mass is 28.4. The molecule has 0 spiro atoms. The van der Waals surface area contributed by atoms with Crippen molar-refractivity contribution in [2.24, 2.45) is 22.7 Å². The molecule has 7 heteroatoms. The predicted octanol–water partition coefficient (Wildman–Crippen LogP) is 5.77. The van der Waals surface area contributed by atoms with Crippen LogP contribution >= 0.6 is 0 Å². The number of aliphatic hydroxyl groups is 1. The molecule has 2 saturated carbocycles. The van der Waals surface area contributed by atoms with Gasteiger partial charge in [-0.25, -0.2) is 0 Å². The van der Waals surface area contributed by atoms with Gasteiger partial charge in [-0.3, -0.25) is 14.4 Å². The quantitative estimate of drug-likeness (QED) is 0.207. The molecule has 1 N–H and O–H groups in total. The molecule has 0 amide bonds. The number of rotatable bonds is 6. The van der Waals surface area contributed by atoms with Gasteiger partial charge in [0, 0.05) is 5.92 Å². The average Bonchev–Trinajstić information content (AvgIpc) is 2.77. The van der Waals surface area contributed by atoms with E-state index in [4.69, 9.17) is 9.16 Å². The van der Waals surface area contributed by atoms with Gasteiger partial charge in [0.2, 0.25) is 8.32 Å². The Morgan fingerprint density at radius 1 is 1.03 bits per heavy atom. The highest BCUT2D eigenvalue weighted by Gasteiger charge is 2.67. The Morgan fingerprint density at radius 2 is 1.58 bits per heavy atom. The highest BCUT2D eigenvalue weighted by Crippen LogP contribution is 2.57. The summed E-state index contributed by atoms with van der Waals surface area (Å²) in [5, 5.41) is 11.2. The van der Waals surface area contributed by atoms with Crippen molar-refractivity contribution in [2.75, 3.05) is 7.11 Å². The molecular weight excluding hydrogens is 472 g/mol. The number of carbonyl (C=O) groups is 3. The van der Waals surface area contributed by atoms with Crippen LogP contribution in [0.1, 0.15) is 94.4 Å². The van der Waals surface area contributed by atoms with Crippen molar-refractivity contribution in [3.63, 3.8) is 0 Å². The lowest BCUT2D eigenvalue weighted by molar-refractivity contribution is -0.180. The van der Waals surface area contributed by atoms with Gasteiger partial charge in [-0.2, -0.15) is 0 Å². The molecule has 0 aromatic rings. The molecule has 3 aliphatic carbocycles. The molecule has 6 nitrogen and oxygen atoms in total. The zero-order valence-corrected chi connectivity index (χ0v) is 25.1. The maximum Gasteiger partial charge on any atom is 0.320 e. The number of fused-ring (bicyclic) bond motifs is 3. The van der Waals surface area contributed by atoms with Gasteiger partial charge < -0.3 is 14.3 Å². The molecule has 0 aromatic heterocycles. The van der Waals surface area contributed by atoms with Crippen LogP contribution in [0.25, 0.3) is 0 Å². The summed E-state index contributed by atoms with van der Waals surface area (Å²) in [4.78, 5) is 42.7. The maximum absolute atomic E-state index is 14.9. The van der Waals surface area contributed by atoms with Crippen LogP contribution in [-0.4, -0.2) is 50.3 Å². The molecule has 3 aliphatic rings. The Morgan fingerprint density at radius 3 is 2.08 bits per heavy atom. The van der Waals surface area contributed by atoms with Crippen molar-refractivity contribution >= 4 is 25.9 Å². The molecule has 0 aliphatic heterocycles. The molecule has 2 fully saturated rings. The van der Waals surface area contributed by atoms with Crippen LogP contribution < -0.4 is 0 Å². The third-order valence-corrected chi connectivity index (χ3v) is 16.0. The summed E-state index contributed by atoms with van der Waals surface area (Å²) < 4.78 is 12.5. The summed E-state index contributed by atoms with van der Waals surface area (Å²) in [7, 11) is -1.30. The number of esters is 1. The van der Waals surface area contributed by atoms with Crippen LogP contribution in [0, 0.1) is 22.7 Å². The van der Waals surface area contributed by atoms with E-state index in [9.17, 15) is 19.5 Å². The number of hydrogen-bond acceptors (Lipinski definition) is 6. The molecule has 0 saturated heterocycles. The molecular formula is C29H48O6Si. The fourth-order valence-corrected chi connectivity index (χ4v) is 13.9. The third-order valence-electron chi connectivity index (χ3n) is 9.99. The van der Waals surface area contributed by atoms with Crippen LogP contribution in [0.4, 0.5) is 0 Å². The normalized spacial score (nSPS) is 33.1. The van der Waals surface area contributed by atoms with E-state index in [1.165, 1.54) is 7.11 Å². The minimum absolute atomic E-state index is 0.172. The summed E-state index contributed by atoms with van der Waals surface area (Å²) in [5.74, 6) is -2.76. The Hall–Kier alpha value is -1.31. The predicted molar refractivity (Wildman–Crippen MR) is 143 cm³/mol. The molecule has 5 atom stereocenters. The summed E-state index contributed by atoms with van der Waals surface area (Å²) in [6, 6.07) is 0. The minimum atomic E-state index is -2.57. The second-order valence-corrected chi connectivity index (χ2v) is 18.4. The third kappa shape index (κ3) is 4.08. The van der Waals surface area contributed by atoms with E-state index in [2.05, 4.69) is 41.5 Å². The number of allylic oxidation sites excluding steroid dienone is 1. The fourth-order valence-electron chi connectivity index (χ4n) is 8.42. The summed E-state index contributed by atoms with van der Waals surface area (Å²) >= 11 is 0. The van der Waals surface area contributed by atoms with Crippen LogP contribution in [0.3, 0.4) is 0 Å². The van der Waals surface area contributed by atoms with Crippen molar-refractivity contribution in [2.45, 2.75) is 123 Å². The largest absolute Gasteiger partial charge is 0.468 e. The van der Waals surface area contributed by atoms with Crippen LogP contribution in [0.5, 0.6) is 0 Å². The second kappa shape index (κ2) is 10.1. The van der Waals surface area contributed by atoms with E-state index in [0.717, 1.165) is 11.1 Å². The van der Waals surface area contributed by atoms with E-state index in [-0.39, 0.29) is 34.6 Å². The molecule has 3 rings (SSSR count). The SMILES string of the molecule is COC(=O)[C@@]12CCC[C@@H](O)[C@@H]1C(=O)[C@@H]1CCC(C)=C([C@H](O[Si](C(C)C)(C(C)C)C(C)C)C2=O)C1(C)C. The number of carbonyl (C=O) groups excluding carboxylic acids is 3. The monoisotopic (exact) mass is 520 g/mol. The number of ketones is 2. The van der Waals surface area contributed by atoms with Crippen molar-refractivity contribution in [3.8, 4) is 0 Å². The van der Waals surface area contributed by atoms with E-state index >= 15 is 0 Å². The first-order valence-electron chi connectivity index (χ1n) is 13.8. The lowest BCUT2D eigenvalue weighted by atomic mass is 9.50.